The molecule has 0 aliphatic carbocycles. The van der Waals surface area contributed by atoms with Crippen LogP contribution < -0.4 is 15.1 Å². The van der Waals surface area contributed by atoms with Gasteiger partial charge in [-0.1, -0.05) is 12.1 Å². The number of nitrogens with zero attached hydrogens (tertiary/aromatic N) is 6. The predicted octanol–water partition coefficient (Wildman–Crippen LogP) is 2.42. The Balaban J connectivity index is 1.27. The van der Waals surface area contributed by atoms with Gasteiger partial charge in [-0.15, -0.1) is 0 Å². The summed E-state index contributed by atoms with van der Waals surface area (Å²) in [5, 5.41) is 7.61. The quantitative estimate of drug-likeness (QED) is 0.700. The maximum atomic E-state index is 13.0. The minimum absolute atomic E-state index is 0.109. The van der Waals surface area contributed by atoms with E-state index >= 15 is 0 Å². The van der Waals surface area contributed by atoms with E-state index in [2.05, 4.69) is 25.3 Å². The van der Waals surface area contributed by atoms with E-state index in [0.29, 0.717) is 19.0 Å². The maximum Gasteiger partial charge on any atom is 0.249 e. The van der Waals surface area contributed by atoms with Crippen LogP contribution in [0.4, 0.5) is 21.8 Å². The van der Waals surface area contributed by atoms with Crippen molar-refractivity contribution in [2.24, 2.45) is 0 Å². The summed E-state index contributed by atoms with van der Waals surface area (Å²) in [5.74, 6) is 1.19. The summed E-state index contributed by atoms with van der Waals surface area (Å²) >= 11 is 0. The molecule has 1 aromatic carbocycles. The molecule has 30 heavy (non-hydrogen) atoms. The maximum absolute atomic E-state index is 13.0. The molecule has 0 saturated carbocycles. The average Bonchev–Trinajstić information content (AvgIpc) is 3.42. The lowest BCUT2D eigenvalue weighted by molar-refractivity contribution is -0.119. The summed E-state index contributed by atoms with van der Waals surface area (Å²) in [4.78, 5) is 25.3. The van der Waals surface area contributed by atoms with Crippen LogP contribution in [0.25, 0.3) is 0 Å². The summed E-state index contributed by atoms with van der Waals surface area (Å²) in [6, 6.07) is 6.29. The predicted molar refractivity (Wildman–Crippen MR) is 111 cm³/mol. The van der Waals surface area contributed by atoms with Gasteiger partial charge in [0, 0.05) is 31.9 Å². The number of aromatic nitrogens is 4. The number of carbonyl (C=O) groups is 1. The van der Waals surface area contributed by atoms with Crippen molar-refractivity contribution < 1.29 is 9.18 Å². The molecule has 2 aliphatic heterocycles. The van der Waals surface area contributed by atoms with Crippen LogP contribution >= 0.6 is 0 Å². The van der Waals surface area contributed by atoms with Gasteiger partial charge in [-0.2, -0.15) is 10.1 Å². The Bertz CT molecular complexity index is 1080. The molecular formula is C21H22FN7O. The Labute approximate surface area is 173 Å². The lowest BCUT2D eigenvalue weighted by Crippen LogP contribution is -2.49. The van der Waals surface area contributed by atoms with Crippen molar-refractivity contribution in [1.82, 2.24) is 19.7 Å². The molecule has 2 aliphatic rings. The van der Waals surface area contributed by atoms with Crippen molar-refractivity contribution in [3.8, 4) is 0 Å². The van der Waals surface area contributed by atoms with Gasteiger partial charge < -0.3 is 15.1 Å². The molecule has 8 nitrogen and oxygen atoms in total. The van der Waals surface area contributed by atoms with Crippen LogP contribution in [0.15, 0.2) is 42.9 Å². The van der Waals surface area contributed by atoms with Crippen LogP contribution in [0.1, 0.15) is 24.0 Å². The Hall–Kier alpha value is -3.49. The van der Waals surface area contributed by atoms with Gasteiger partial charge >= 0.3 is 0 Å². The standard InChI is InChI=1S/C21H22FN7O/c1-27-18-11-24-21(26-19(18)29-8-2-3-17(29)20(27)30)23-9-15-10-25-28(13-15)12-14-4-6-16(22)7-5-14/h4-7,10-11,13,17H,2-3,8-9,12H2,1H3,(H,23,24,26)/t17-/m0/s1. The second kappa shape index (κ2) is 7.40. The fraction of sp³-hybridized carbons (Fsp3) is 0.333. The Morgan fingerprint density at radius 1 is 1.20 bits per heavy atom. The van der Waals surface area contributed by atoms with Crippen LogP contribution in [-0.4, -0.2) is 45.3 Å². The zero-order chi connectivity index (χ0) is 20.7. The summed E-state index contributed by atoms with van der Waals surface area (Å²) in [7, 11) is 1.78. The topological polar surface area (TPSA) is 79.2 Å². The van der Waals surface area contributed by atoms with Gasteiger partial charge in [0.2, 0.25) is 11.9 Å². The Morgan fingerprint density at radius 3 is 2.87 bits per heavy atom. The van der Waals surface area contributed by atoms with Crippen LogP contribution in [0.5, 0.6) is 0 Å². The third-order valence-corrected chi connectivity index (χ3v) is 5.65. The number of fused-ring (bicyclic) bond motifs is 3. The van der Waals surface area contributed by atoms with Gasteiger partial charge in [0.05, 0.1) is 18.9 Å². The summed E-state index contributed by atoms with van der Waals surface area (Å²) < 4.78 is 14.9. The molecule has 4 heterocycles. The number of carbonyl (C=O) groups excluding carboxylic acids is 1. The molecule has 0 unspecified atom stereocenters. The molecule has 0 spiro atoms. The number of anilines is 3. The second-order valence-electron chi connectivity index (χ2n) is 7.68. The zero-order valence-electron chi connectivity index (χ0n) is 16.6. The third kappa shape index (κ3) is 3.36. The SMILES string of the molecule is CN1C(=O)[C@@H]2CCCN2c2nc(NCc3cnn(Cc4ccc(F)cc4)c3)ncc21. The Morgan fingerprint density at radius 2 is 2.03 bits per heavy atom. The first-order valence-corrected chi connectivity index (χ1v) is 9.99. The van der Waals surface area contributed by atoms with Gasteiger partial charge in [0.25, 0.3) is 0 Å². The number of hydrogen-bond donors (Lipinski definition) is 1. The highest BCUT2D eigenvalue weighted by molar-refractivity contribution is 6.04. The van der Waals surface area contributed by atoms with Crippen LogP contribution in [0, 0.1) is 5.82 Å². The number of rotatable bonds is 5. The van der Waals surface area contributed by atoms with Gasteiger partial charge in [0.1, 0.15) is 17.5 Å². The molecule has 3 aromatic rings. The minimum atomic E-state index is -0.245. The molecule has 154 valence electrons. The lowest BCUT2D eigenvalue weighted by atomic mass is 10.1. The van der Waals surface area contributed by atoms with Gasteiger partial charge in [-0.05, 0) is 30.5 Å². The smallest absolute Gasteiger partial charge is 0.249 e. The van der Waals surface area contributed by atoms with Crippen LogP contribution in [0.3, 0.4) is 0 Å². The van der Waals surface area contributed by atoms with E-state index in [1.807, 2.05) is 10.9 Å². The van der Waals surface area contributed by atoms with E-state index in [4.69, 9.17) is 0 Å². The van der Waals surface area contributed by atoms with E-state index in [0.717, 1.165) is 42.0 Å². The molecule has 0 bridgehead atoms. The van der Waals surface area contributed by atoms with Crippen molar-refractivity contribution in [2.75, 3.05) is 28.7 Å². The van der Waals surface area contributed by atoms with Gasteiger partial charge in [-0.3, -0.25) is 9.48 Å². The zero-order valence-corrected chi connectivity index (χ0v) is 16.6. The fourth-order valence-corrected chi connectivity index (χ4v) is 4.06. The van der Waals surface area contributed by atoms with Gasteiger partial charge in [0.15, 0.2) is 5.82 Å². The number of amides is 1. The number of nitrogens with one attached hydrogen (secondary N) is 1. The molecular weight excluding hydrogens is 385 g/mol. The van der Waals surface area contributed by atoms with E-state index in [1.165, 1.54) is 12.1 Å². The van der Waals surface area contributed by atoms with Crippen molar-refractivity contribution in [3.05, 3.63) is 59.8 Å². The summed E-state index contributed by atoms with van der Waals surface area (Å²) in [6.07, 6.45) is 7.29. The van der Waals surface area contributed by atoms with E-state index in [-0.39, 0.29) is 17.8 Å². The monoisotopic (exact) mass is 407 g/mol. The molecule has 0 radical (unpaired) electrons. The second-order valence-corrected chi connectivity index (χ2v) is 7.68. The number of halogens is 1. The van der Waals surface area contributed by atoms with Crippen LogP contribution in [0.2, 0.25) is 0 Å². The minimum Gasteiger partial charge on any atom is -0.350 e. The molecule has 9 heteroatoms. The fourth-order valence-electron chi connectivity index (χ4n) is 4.06. The summed E-state index contributed by atoms with van der Waals surface area (Å²) in [6.45, 7) is 1.94. The highest BCUT2D eigenvalue weighted by Gasteiger charge is 2.40. The van der Waals surface area contributed by atoms with Gasteiger partial charge in [-0.25, -0.2) is 9.37 Å². The average molecular weight is 407 g/mol. The highest BCUT2D eigenvalue weighted by atomic mass is 19.1. The van der Waals surface area contributed by atoms with E-state index in [1.54, 1.807) is 36.5 Å². The molecule has 1 amide bonds. The summed E-state index contributed by atoms with van der Waals surface area (Å²) in [5.41, 5.74) is 2.72. The first-order chi connectivity index (χ1) is 14.6. The molecule has 1 saturated heterocycles. The third-order valence-electron chi connectivity index (χ3n) is 5.65. The molecule has 2 aromatic heterocycles. The van der Waals surface area contributed by atoms with E-state index in [9.17, 15) is 9.18 Å². The molecule has 5 rings (SSSR count). The van der Waals surface area contributed by atoms with E-state index < -0.39 is 0 Å². The van der Waals surface area contributed by atoms with Crippen molar-refractivity contribution in [3.63, 3.8) is 0 Å². The highest BCUT2D eigenvalue weighted by Crippen LogP contribution is 2.37. The number of hydrogen-bond acceptors (Lipinski definition) is 6. The largest absolute Gasteiger partial charge is 0.350 e. The Kier molecular flexibility index (Phi) is 4.57. The lowest BCUT2D eigenvalue weighted by Gasteiger charge is -2.36. The first kappa shape index (κ1) is 18.5. The first-order valence-electron chi connectivity index (χ1n) is 9.99. The van der Waals surface area contributed by atoms with Crippen molar-refractivity contribution in [1.29, 1.82) is 0 Å². The normalized spacial score (nSPS) is 17.8. The molecule has 1 N–H and O–H groups in total. The molecule has 1 atom stereocenters. The number of likely N-dealkylation sites (N-methyl/N-ethyl adjacent to an activating group) is 1. The van der Waals surface area contributed by atoms with Crippen molar-refractivity contribution >= 4 is 23.4 Å². The number of benzene rings is 1. The van der Waals surface area contributed by atoms with Crippen molar-refractivity contribution in [2.45, 2.75) is 32.0 Å². The van der Waals surface area contributed by atoms with Crippen LogP contribution in [-0.2, 0) is 17.9 Å². The molecule has 1 fully saturated rings.